The lowest BCUT2D eigenvalue weighted by molar-refractivity contribution is -0.133. The van der Waals surface area contributed by atoms with Gasteiger partial charge in [-0.3, -0.25) is 0 Å². The lowest BCUT2D eigenvalue weighted by Crippen LogP contribution is -2.06. The maximum atomic E-state index is 12.3. The molecule has 8 nitrogen and oxygen atoms in total. The number of hydrogen-bond acceptors (Lipinski definition) is 8. The average molecular weight is 406 g/mol. The van der Waals surface area contributed by atoms with Crippen molar-refractivity contribution < 1.29 is 27.9 Å². The van der Waals surface area contributed by atoms with Gasteiger partial charge in [-0.1, -0.05) is 30.3 Å². The van der Waals surface area contributed by atoms with E-state index in [9.17, 15) is 10.1 Å². The molecule has 150 valence electrons. The number of hydrogen-bond donors (Lipinski definition) is 0. The number of nitriles is 1. The van der Waals surface area contributed by atoms with Gasteiger partial charge in [0.2, 0.25) is 11.8 Å². The van der Waals surface area contributed by atoms with Crippen LogP contribution in [-0.2, 0) is 14.3 Å². The molecule has 0 amide bonds. The van der Waals surface area contributed by atoms with Crippen molar-refractivity contribution in [1.29, 1.82) is 5.26 Å². The van der Waals surface area contributed by atoms with Crippen molar-refractivity contribution in [2.75, 3.05) is 14.1 Å². The van der Waals surface area contributed by atoms with Gasteiger partial charge in [0.15, 0.2) is 0 Å². The second kappa shape index (κ2) is 9.71. The fraction of sp³-hybridized carbons (Fsp3) is 0.0909. The Morgan fingerprint density at radius 2 is 1.73 bits per heavy atom. The molecule has 3 rings (SSSR count). The molecule has 0 fully saturated rings. The van der Waals surface area contributed by atoms with Crippen LogP contribution in [0, 0.1) is 11.3 Å². The van der Waals surface area contributed by atoms with Crippen molar-refractivity contribution in [3.63, 3.8) is 0 Å². The Bertz CT molecular complexity index is 1220. The van der Waals surface area contributed by atoms with Gasteiger partial charge in [-0.2, -0.15) is 5.26 Å². The molecule has 1 heterocycles. The maximum Gasteiger partial charge on any atom is 0.341 e. The molecule has 1 aromatic heterocycles. The van der Waals surface area contributed by atoms with Crippen LogP contribution >= 0.6 is 0 Å². The quantitative estimate of drug-likeness (QED) is 0.328. The summed E-state index contributed by atoms with van der Waals surface area (Å²) in [6, 6.07) is 16.4. The summed E-state index contributed by atoms with van der Waals surface area (Å²) >= 11 is 0. The van der Waals surface area contributed by atoms with E-state index in [-0.39, 0.29) is 28.6 Å². The van der Waals surface area contributed by atoms with Gasteiger partial charge in [-0.05, 0) is 18.2 Å². The van der Waals surface area contributed by atoms with Crippen LogP contribution in [0.3, 0.4) is 0 Å². The van der Waals surface area contributed by atoms with Crippen LogP contribution in [0.15, 0.2) is 67.2 Å². The Morgan fingerprint density at radius 1 is 1.07 bits per heavy atom. The van der Waals surface area contributed by atoms with Gasteiger partial charge in [0.05, 0.1) is 36.2 Å². The van der Waals surface area contributed by atoms with Crippen molar-refractivity contribution in [2.45, 2.75) is 0 Å². The van der Waals surface area contributed by atoms with E-state index in [1.807, 2.05) is 6.07 Å². The topological polar surface area (TPSA) is 104 Å². The van der Waals surface area contributed by atoms with E-state index in [0.29, 0.717) is 11.3 Å². The molecule has 0 aliphatic rings. The number of rotatable bonds is 7. The van der Waals surface area contributed by atoms with E-state index in [0.717, 1.165) is 13.4 Å². The highest BCUT2D eigenvalue weighted by molar-refractivity contribution is 6.17. The van der Waals surface area contributed by atoms with E-state index in [1.165, 1.54) is 18.5 Å². The number of aromatic nitrogens is 2. The number of carbonyl (C=O) groups excluding carboxylic acids is 1. The summed E-state index contributed by atoms with van der Waals surface area (Å²) in [5, 5.41) is 9.21. The van der Waals surface area contributed by atoms with Crippen molar-refractivity contribution >= 4 is 11.5 Å². The van der Waals surface area contributed by atoms with Crippen LogP contribution in [0.4, 0.5) is 0 Å². The number of ether oxygens (including phenoxy) is 4. The van der Waals surface area contributed by atoms with E-state index < -0.39 is 13.0 Å². The summed E-state index contributed by atoms with van der Waals surface area (Å²) in [6.45, 7) is 0. The summed E-state index contributed by atoms with van der Waals surface area (Å²) in [5.41, 5.74) is 0.369. The van der Waals surface area contributed by atoms with E-state index in [1.54, 1.807) is 42.5 Å². The van der Waals surface area contributed by atoms with Crippen molar-refractivity contribution in [3.8, 4) is 29.3 Å². The Hall–Kier alpha value is -4.38. The SMILES string of the molecule is [2H]C([2H])([2H])O/C=C(/C(=O)OC)c1ccccc1Oc1cc(Oc2ccccc2C#N)ncn1. The molecule has 30 heavy (non-hydrogen) atoms. The standard InChI is InChI=1S/C22H17N3O5/c1-27-13-17(22(26)28-2)16-8-4-6-10-19(16)30-21-11-20(24-14-25-21)29-18-9-5-3-7-15(18)12-23/h3-11,13-14H,1-2H3/b17-13+/i1D3. The Balaban J connectivity index is 1.91. The van der Waals surface area contributed by atoms with Gasteiger partial charge < -0.3 is 18.9 Å². The van der Waals surface area contributed by atoms with Crippen molar-refractivity contribution in [2.24, 2.45) is 0 Å². The third-order valence-corrected chi connectivity index (χ3v) is 3.81. The first-order chi connectivity index (χ1) is 15.8. The van der Waals surface area contributed by atoms with Crippen LogP contribution in [0.1, 0.15) is 15.2 Å². The molecule has 0 spiro atoms. The predicted octanol–water partition coefficient (Wildman–Crippen LogP) is 4.09. The van der Waals surface area contributed by atoms with Gasteiger partial charge >= 0.3 is 5.97 Å². The molecular weight excluding hydrogens is 386 g/mol. The minimum absolute atomic E-state index is 0.0721. The summed E-state index contributed by atoms with van der Waals surface area (Å²) in [4.78, 5) is 20.3. The number of nitrogens with zero attached hydrogens (tertiary/aromatic N) is 3. The van der Waals surface area contributed by atoms with Gasteiger partial charge in [0.1, 0.15) is 29.5 Å². The fourth-order valence-electron chi connectivity index (χ4n) is 2.48. The third kappa shape index (κ3) is 4.72. The predicted molar refractivity (Wildman–Crippen MR) is 107 cm³/mol. The normalized spacial score (nSPS) is 12.5. The van der Waals surface area contributed by atoms with Gasteiger partial charge in [-0.15, -0.1) is 0 Å². The second-order valence-electron chi connectivity index (χ2n) is 5.64. The molecule has 3 aromatic rings. The molecule has 0 bridgehead atoms. The zero-order chi connectivity index (χ0) is 23.8. The first-order valence-corrected chi connectivity index (χ1v) is 8.53. The highest BCUT2D eigenvalue weighted by Gasteiger charge is 2.18. The van der Waals surface area contributed by atoms with Crippen molar-refractivity contribution in [3.05, 3.63) is 78.3 Å². The molecule has 0 N–H and O–H groups in total. The van der Waals surface area contributed by atoms with Gasteiger partial charge in [0.25, 0.3) is 0 Å². The van der Waals surface area contributed by atoms with Crippen LogP contribution in [-0.4, -0.2) is 30.1 Å². The number of methoxy groups -OCH3 is 2. The van der Waals surface area contributed by atoms with Gasteiger partial charge in [-0.25, -0.2) is 14.8 Å². The molecule has 0 radical (unpaired) electrons. The molecular formula is C22H17N3O5. The summed E-state index contributed by atoms with van der Waals surface area (Å²) in [7, 11) is -1.60. The molecule has 0 aliphatic heterocycles. The first-order valence-electron chi connectivity index (χ1n) is 10.0. The Kier molecular flexibility index (Phi) is 5.36. The second-order valence-corrected chi connectivity index (χ2v) is 5.64. The number of carbonyl (C=O) groups is 1. The smallest absolute Gasteiger partial charge is 0.341 e. The lowest BCUT2D eigenvalue weighted by Gasteiger charge is -2.12. The van der Waals surface area contributed by atoms with Gasteiger partial charge in [0, 0.05) is 5.56 Å². The molecule has 0 aliphatic carbocycles. The summed E-state index contributed by atoms with van der Waals surface area (Å²) in [5.74, 6) is -0.152. The summed E-state index contributed by atoms with van der Waals surface area (Å²) in [6.07, 6.45) is 2.01. The molecule has 0 saturated heterocycles. The molecule has 0 atom stereocenters. The average Bonchev–Trinajstić information content (AvgIpc) is 2.80. The monoisotopic (exact) mass is 406 g/mol. The van der Waals surface area contributed by atoms with Crippen LogP contribution in [0.2, 0.25) is 0 Å². The summed E-state index contributed by atoms with van der Waals surface area (Å²) < 4.78 is 42.5. The van der Waals surface area contributed by atoms with E-state index in [4.69, 9.17) is 23.1 Å². The fourth-order valence-corrected chi connectivity index (χ4v) is 2.48. The lowest BCUT2D eigenvalue weighted by atomic mass is 10.1. The van der Waals surface area contributed by atoms with Crippen LogP contribution in [0.5, 0.6) is 23.3 Å². The van der Waals surface area contributed by atoms with Crippen LogP contribution in [0.25, 0.3) is 5.57 Å². The minimum atomic E-state index is -2.76. The first kappa shape index (κ1) is 16.6. The maximum absolute atomic E-state index is 12.3. The zero-order valence-electron chi connectivity index (χ0n) is 18.7. The highest BCUT2D eigenvalue weighted by atomic mass is 16.5. The van der Waals surface area contributed by atoms with Crippen LogP contribution < -0.4 is 9.47 Å². The molecule has 8 heteroatoms. The molecule has 0 unspecified atom stereocenters. The highest BCUT2D eigenvalue weighted by Crippen LogP contribution is 2.32. The van der Waals surface area contributed by atoms with E-state index in [2.05, 4.69) is 9.97 Å². The Morgan fingerprint density at radius 3 is 2.43 bits per heavy atom. The van der Waals surface area contributed by atoms with Crippen molar-refractivity contribution in [1.82, 2.24) is 9.97 Å². The van der Waals surface area contributed by atoms with E-state index >= 15 is 0 Å². The number of benzene rings is 2. The zero-order valence-corrected chi connectivity index (χ0v) is 15.7. The number of para-hydroxylation sites is 2. The Labute approximate surface area is 177 Å². The third-order valence-electron chi connectivity index (χ3n) is 3.81. The molecule has 0 saturated carbocycles. The minimum Gasteiger partial charge on any atom is -0.503 e. The number of esters is 1. The molecule has 2 aromatic carbocycles. The largest absolute Gasteiger partial charge is 0.503 e.